The summed E-state index contributed by atoms with van der Waals surface area (Å²) in [7, 11) is 0. The van der Waals surface area contributed by atoms with Gasteiger partial charge in [0.2, 0.25) is 0 Å². The maximum absolute atomic E-state index is 12.2. The second kappa shape index (κ2) is 6.36. The molecule has 0 spiro atoms. The lowest BCUT2D eigenvalue weighted by Crippen LogP contribution is -2.36. The monoisotopic (exact) mass is 315 g/mol. The Bertz CT molecular complexity index is 408. The van der Waals surface area contributed by atoms with Gasteiger partial charge >= 0.3 is 0 Å². The third-order valence-electron chi connectivity index (χ3n) is 3.17. The van der Waals surface area contributed by atoms with Crippen molar-refractivity contribution in [3.63, 3.8) is 0 Å². The third kappa shape index (κ3) is 3.34. The number of amides is 1. The molecule has 0 aliphatic carbocycles. The zero-order chi connectivity index (χ0) is 13.0. The molecule has 0 unspecified atom stereocenters. The Morgan fingerprint density at radius 3 is 2.89 bits per heavy atom. The van der Waals surface area contributed by atoms with Crippen molar-refractivity contribution >= 4 is 21.8 Å². The lowest BCUT2D eigenvalue weighted by molar-refractivity contribution is 0.0755. The first-order valence-electron chi connectivity index (χ1n) is 6.17. The maximum Gasteiger partial charge on any atom is 0.270 e. The molecule has 1 fully saturated rings. The molecule has 0 radical (unpaired) electrons. The average Bonchev–Trinajstić information content (AvgIpc) is 2.65. The highest BCUT2D eigenvalue weighted by atomic mass is 79.9. The fraction of sp³-hybridized carbons (Fsp3) is 0.583. The number of aromatic amines is 1. The van der Waals surface area contributed by atoms with E-state index in [1.165, 1.54) is 0 Å². The highest BCUT2D eigenvalue weighted by molar-refractivity contribution is 9.10. The van der Waals surface area contributed by atoms with Crippen molar-refractivity contribution in [2.75, 3.05) is 39.3 Å². The van der Waals surface area contributed by atoms with Crippen LogP contribution in [0.4, 0.5) is 0 Å². The van der Waals surface area contributed by atoms with Crippen molar-refractivity contribution in [3.05, 3.63) is 22.4 Å². The van der Waals surface area contributed by atoms with E-state index in [2.05, 4.69) is 25.8 Å². The first-order valence-corrected chi connectivity index (χ1v) is 6.96. The summed E-state index contributed by atoms with van der Waals surface area (Å²) < 4.78 is 0.891. The van der Waals surface area contributed by atoms with Crippen LogP contribution in [0.3, 0.4) is 0 Å². The molecule has 1 aromatic rings. The van der Waals surface area contributed by atoms with Crippen molar-refractivity contribution < 1.29 is 9.90 Å². The summed E-state index contributed by atoms with van der Waals surface area (Å²) in [5, 5.41) is 8.93. The number of nitrogens with one attached hydrogen (secondary N) is 1. The van der Waals surface area contributed by atoms with Gasteiger partial charge in [-0.25, -0.2) is 0 Å². The summed E-state index contributed by atoms with van der Waals surface area (Å²) in [5.41, 5.74) is 0.623. The Hall–Kier alpha value is -0.850. The summed E-state index contributed by atoms with van der Waals surface area (Å²) in [5.74, 6) is 0.0477. The number of carbonyl (C=O) groups excluding carboxylic acids is 1. The van der Waals surface area contributed by atoms with Crippen LogP contribution < -0.4 is 0 Å². The Labute approximate surface area is 115 Å². The van der Waals surface area contributed by atoms with Crippen LogP contribution in [0.1, 0.15) is 16.9 Å². The zero-order valence-electron chi connectivity index (χ0n) is 10.2. The van der Waals surface area contributed by atoms with Crippen LogP contribution in [0.25, 0.3) is 0 Å². The molecule has 6 heteroatoms. The van der Waals surface area contributed by atoms with E-state index in [4.69, 9.17) is 5.11 Å². The van der Waals surface area contributed by atoms with Crippen molar-refractivity contribution in [2.24, 2.45) is 0 Å². The molecule has 1 aliphatic rings. The predicted molar refractivity (Wildman–Crippen MR) is 72.5 cm³/mol. The molecule has 1 aliphatic heterocycles. The molecule has 2 rings (SSSR count). The van der Waals surface area contributed by atoms with Crippen LogP contribution in [0, 0.1) is 0 Å². The van der Waals surface area contributed by atoms with Gasteiger partial charge in [0.15, 0.2) is 0 Å². The number of carbonyl (C=O) groups is 1. The SMILES string of the molecule is O=C(c1cc(Br)c[nH]1)N1CCCN(CCO)CC1. The molecule has 1 saturated heterocycles. The number of aromatic nitrogens is 1. The molecule has 2 N–H and O–H groups in total. The molecule has 0 saturated carbocycles. The standard InChI is InChI=1S/C12H18BrN3O2/c13-10-8-11(14-9-10)12(18)16-3-1-2-15(4-5-16)6-7-17/h8-9,14,17H,1-7H2. The molecule has 0 aromatic carbocycles. The minimum absolute atomic E-state index is 0.0477. The second-order valence-electron chi connectivity index (χ2n) is 4.44. The summed E-state index contributed by atoms with van der Waals surface area (Å²) in [6.07, 6.45) is 2.72. The molecule has 1 amide bonds. The van der Waals surface area contributed by atoms with Crippen LogP contribution in [0.2, 0.25) is 0 Å². The quantitative estimate of drug-likeness (QED) is 0.872. The topological polar surface area (TPSA) is 59.6 Å². The Morgan fingerprint density at radius 2 is 2.22 bits per heavy atom. The zero-order valence-corrected chi connectivity index (χ0v) is 11.8. The lowest BCUT2D eigenvalue weighted by Gasteiger charge is -2.20. The van der Waals surface area contributed by atoms with Crippen LogP contribution in [-0.4, -0.2) is 65.1 Å². The Balaban J connectivity index is 1.95. The minimum atomic E-state index is 0.0477. The first-order chi connectivity index (χ1) is 8.70. The highest BCUT2D eigenvalue weighted by Crippen LogP contribution is 2.13. The van der Waals surface area contributed by atoms with Crippen LogP contribution in [0.5, 0.6) is 0 Å². The van der Waals surface area contributed by atoms with Crippen molar-refractivity contribution in [1.29, 1.82) is 0 Å². The normalized spacial score (nSPS) is 17.8. The van der Waals surface area contributed by atoms with Gasteiger partial charge in [0.25, 0.3) is 5.91 Å². The molecular formula is C12H18BrN3O2. The fourth-order valence-electron chi connectivity index (χ4n) is 2.20. The van der Waals surface area contributed by atoms with Gasteiger partial charge in [-0.15, -0.1) is 0 Å². The van der Waals surface area contributed by atoms with Crippen LogP contribution in [0.15, 0.2) is 16.7 Å². The van der Waals surface area contributed by atoms with E-state index < -0.39 is 0 Å². The summed E-state index contributed by atoms with van der Waals surface area (Å²) >= 11 is 3.33. The molecule has 5 nitrogen and oxygen atoms in total. The minimum Gasteiger partial charge on any atom is -0.395 e. The average molecular weight is 316 g/mol. The van der Waals surface area contributed by atoms with Gasteiger partial charge in [-0.05, 0) is 35.0 Å². The maximum atomic E-state index is 12.2. The molecule has 0 bridgehead atoms. The smallest absolute Gasteiger partial charge is 0.270 e. The van der Waals surface area contributed by atoms with Crippen molar-refractivity contribution in [2.45, 2.75) is 6.42 Å². The van der Waals surface area contributed by atoms with Gasteiger partial charge in [-0.2, -0.15) is 0 Å². The van der Waals surface area contributed by atoms with Crippen LogP contribution >= 0.6 is 15.9 Å². The number of hydrogen-bond donors (Lipinski definition) is 2. The lowest BCUT2D eigenvalue weighted by atomic mass is 10.3. The number of aliphatic hydroxyl groups excluding tert-OH is 1. The number of β-amino-alcohol motifs (C(OH)–C–C–N with tert-alkyl or cyclic N) is 1. The van der Waals surface area contributed by atoms with E-state index >= 15 is 0 Å². The van der Waals surface area contributed by atoms with Crippen molar-refractivity contribution in [3.8, 4) is 0 Å². The molecule has 0 atom stereocenters. The van der Waals surface area contributed by atoms with Gasteiger partial charge in [-0.1, -0.05) is 0 Å². The number of halogens is 1. The largest absolute Gasteiger partial charge is 0.395 e. The van der Waals surface area contributed by atoms with E-state index in [1.807, 2.05) is 4.90 Å². The van der Waals surface area contributed by atoms with Gasteiger partial charge < -0.3 is 15.0 Å². The Kier molecular flexibility index (Phi) is 4.79. The Morgan fingerprint density at radius 1 is 1.39 bits per heavy atom. The summed E-state index contributed by atoms with van der Waals surface area (Å²) in [6.45, 7) is 4.13. The number of hydrogen-bond acceptors (Lipinski definition) is 3. The number of H-pyrrole nitrogens is 1. The third-order valence-corrected chi connectivity index (χ3v) is 3.63. The van der Waals surface area contributed by atoms with E-state index in [-0.39, 0.29) is 12.5 Å². The van der Waals surface area contributed by atoms with Gasteiger partial charge in [-0.3, -0.25) is 9.69 Å². The van der Waals surface area contributed by atoms with E-state index in [1.54, 1.807) is 12.3 Å². The van der Waals surface area contributed by atoms with Crippen LogP contribution in [-0.2, 0) is 0 Å². The van der Waals surface area contributed by atoms with Gasteiger partial charge in [0.1, 0.15) is 5.69 Å². The van der Waals surface area contributed by atoms with Gasteiger partial charge in [0.05, 0.1) is 6.61 Å². The number of nitrogens with zero attached hydrogens (tertiary/aromatic N) is 2. The molecule has 18 heavy (non-hydrogen) atoms. The first kappa shape index (κ1) is 13.6. The van der Waals surface area contributed by atoms with E-state index in [0.29, 0.717) is 12.2 Å². The van der Waals surface area contributed by atoms with E-state index in [0.717, 1.165) is 37.1 Å². The summed E-state index contributed by atoms with van der Waals surface area (Å²) in [4.78, 5) is 19.3. The molecule has 1 aromatic heterocycles. The van der Waals surface area contributed by atoms with Gasteiger partial charge in [0, 0.05) is 36.8 Å². The number of aliphatic hydroxyl groups is 1. The molecule has 100 valence electrons. The van der Waals surface area contributed by atoms with Crippen molar-refractivity contribution in [1.82, 2.24) is 14.8 Å². The highest BCUT2D eigenvalue weighted by Gasteiger charge is 2.20. The fourth-order valence-corrected chi connectivity index (χ4v) is 2.54. The predicted octanol–water partition coefficient (Wildman–Crippen LogP) is 0.917. The second-order valence-corrected chi connectivity index (χ2v) is 5.36. The number of rotatable bonds is 3. The van der Waals surface area contributed by atoms with E-state index in [9.17, 15) is 4.79 Å². The summed E-state index contributed by atoms with van der Waals surface area (Å²) in [6, 6.07) is 1.80. The molecule has 2 heterocycles. The molecular weight excluding hydrogens is 298 g/mol.